The molecule has 0 aliphatic rings. The number of nitrogens with zero attached hydrogens (tertiary/aromatic N) is 3. The van der Waals surface area contributed by atoms with Crippen LogP contribution >= 0.6 is 11.6 Å². The van der Waals surface area contributed by atoms with Gasteiger partial charge in [-0.05, 0) is 6.07 Å². The maximum atomic E-state index is 10.9. The SMILES string of the molecule is COc1c(Cl)cc(C=NN=C(N)NOC(C)=O)cc1[N+](=O)[O-]. The molecule has 0 radical (unpaired) electrons. The summed E-state index contributed by atoms with van der Waals surface area (Å²) < 4.78 is 4.87. The van der Waals surface area contributed by atoms with E-state index in [0.29, 0.717) is 5.56 Å². The molecule has 1 aromatic rings. The van der Waals surface area contributed by atoms with E-state index >= 15 is 0 Å². The average molecular weight is 330 g/mol. The Balaban J connectivity index is 2.94. The van der Waals surface area contributed by atoms with Crippen LogP contribution in [0.5, 0.6) is 5.75 Å². The van der Waals surface area contributed by atoms with E-state index in [-0.39, 0.29) is 22.4 Å². The van der Waals surface area contributed by atoms with Crippen LogP contribution in [0, 0.1) is 10.1 Å². The molecule has 0 amide bonds. The van der Waals surface area contributed by atoms with Crippen molar-refractivity contribution < 1.29 is 19.3 Å². The lowest BCUT2D eigenvalue weighted by Gasteiger charge is -2.04. The zero-order valence-electron chi connectivity index (χ0n) is 11.6. The fourth-order valence-corrected chi connectivity index (χ4v) is 1.61. The Morgan fingerprint density at radius 2 is 2.23 bits per heavy atom. The van der Waals surface area contributed by atoms with Gasteiger partial charge in [0.25, 0.3) is 0 Å². The van der Waals surface area contributed by atoms with Crippen LogP contribution in [-0.2, 0) is 9.63 Å². The molecule has 3 N–H and O–H groups in total. The zero-order valence-corrected chi connectivity index (χ0v) is 12.3. The molecule has 0 saturated heterocycles. The Morgan fingerprint density at radius 3 is 2.77 bits per heavy atom. The number of nitrogens with one attached hydrogen (secondary N) is 1. The Hall–Kier alpha value is -2.88. The molecule has 1 rings (SSSR count). The first-order valence-corrected chi connectivity index (χ1v) is 6.04. The number of halogens is 1. The second-order valence-electron chi connectivity index (χ2n) is 3.74. The highest BCUT2D eigenvalue weighted by atomic mass is 35.5. The summed E-state index contributed by atoms with van der Waals surface area (Å²) in [6.45, 7) is 1.17. The third kappa shape index (κ3) is 4.90. The van der Waals surface area contributed by atoms with Gasteiger partial charge in [-0.2, -0.15) is 10.6 Å². The molecule has 0 aliphatic carbocycles. The van der Waals surface area contributed by atoms with Gasteiger partial charge in [0.2, 0.25) is 11.7 Å². The lowest BCUT2D eigenvalue weighted by Crippen LogP contribution is -2.32. The first kappa shape index (κ1) is 17.2. The molecular formula is C11H12ClN5O5. The fraction of sp³-hybridized carbons (Fsp3) is 0.182. The van der Waals surface area contributed by atoms with E-state index in [1.54, 1.807) is 0 Å². The number of hydrogen-bond donors (Lipinski definition) is 2. The Kier molecular flexibility index (Phi) is 6.08. The Morgan fingerprint density at radius 1 is 1.55 bits per heavy atom. The molecule has 0 bridgehead atoms. The van der Waals surface area contributed by atoms with E-state index in [0.717, 1.165) is 0 Å². The third-order valence-electron chi connectivity index (χ3n) is 2.12. The topological polar surface area (TPSA) is 141 Å². The fourth-order valence-electron chi connectivity index (χ4n) is 1.31. The summed E-state index contributed by atoms with van der Waals surface area (Å²) in [5, 5.41) is 18.0. The number of nitro benzene ring substituents is 1. The van der Waals surface area contributed by atoms with Gasteiger partial charge in [0.05, 0.1) is 23.3 Å². The molecule has 0 unspecified atom stereocenters. The van der Waals surface area contributed by atoms with Crippen molar-refractivity contribution in [2.45, 2.75) is 6.92 Å². The quantitative estimate of drug-likeness (QED) is 0.363. The van der Waals surface area contributed by atoms with Crippen LogP contribution < -0.4 is 16.0 Å². The second kappa shape index (κ2) is 7.78. The van der Waals surface area contributed by atoms with E-state index in [1.165, 1.54) is 32.4 Å². The maximum absolute atomic E-state index is 10.9. The highest BCUT2D eigenvalue weighted by molar-refractivity contribution is 6.32. The highest BCUT2D eigenvalue weighted by Gasteiger charge is 2.19. The first-order valence-electron chi connectivity index (χ1n) is 5.67. The number of hydroxylamine groups is 1. The van der Waals surface area contributed by atoms with Gasteiger partial charge in [-0.1, -0.05) is 11.6 Å². The number of guanidine groups is 1. The molecule has 0 saturated carbocycles. The summed E-state index contributed by atoms with van der Waals surface area (Å²) in [4.78, 5) is 25.2. The molecular weight excluding hydrogens is 318 g/mol. The van der Waals surface area contributed by atoms with Crippen molar-refractivity contribution in [2.24, 2.45) is 15.9 Å². The van der Waals surface area contributed by atoms with Crippen molar-refractivity contribution >= 4 is 35.4 Å². The summed E-state index contributed by atoms with van der Waals surface area (Å²) in [5.41, 5.74) is 7.36. The largest absolute Gasteiger partial charge is 0.489 e. The maximum Gasteiger partial charge on any atom is 0.329 e. The van der Waals surface area contributed by atoms with Crippen LogP contribution in [0.3, 0.4) is 0 Å². The average Bonchev–Trinajstić information content (AvgIpc) is 2.44. The van der Waals surface area contributed by atoms with Crippen LogP contribution in [-0.4, -0.2) is 30.2 Å². The van der Waals surface area contributed by atoms with Gasteiger partial charge in [0.15, 0.2) is 0 Å². The molecule has 0 aromatic heterocycles. The summed E-state index contributed by atoms with van der Waals surface area (Å²) in [7, 11) is 1.27. The predicted molar refractivity (Wildman–Crippen MR) is 78.8 cm³/mol. The minimum Gasteiger partial charge on any atom is -0.489 e. The number of carbonyl (C=O) groups excluding carboxylic acids is 1. The van der Waals surface area contributed by atoms with E-state index in [1.807, 2.05) is 5.48 Å². The number of carbonyl (C=O) groups is 1. The van der Waals surface area contributed by atoms with Gasteiger partial charge >= 0.3 is 11.7 Å². The van der Waals surface area contributed by atoms with Crippen LogP contribution in [0.25, 0.3) is 0 Å². The summed E-state index contributed by atoms with van der Waals surface area (Å²) in [6, 6.07) is 2.61. The normalized spacial score (nSPS) is 11.3. The summed E-state index contributed by atoms with van der Waals surface area (Å²) >= 11 is 5.88. The number of hydrogen-bond acceptors (Lipinski definition) is 7. The van der Waals surface area contributed by atoms with Crippen LogP contribution in [0.4, 0.5) is 5.69 Å². The van der Waals surface area contributed by atoms with E-state index < -0.39 is 10.9 Å². The molecule has 0 atom stereocenters. The molecule has 0 aliphatic heterocycles. The Bertz CT molecular complexity index is 646. The number of nitro groups is 1. The van der Waals surface area contributed by atoms with Crippen molar-refractivity contribution in [1.82, 2.24) is 5.48 Å². The van der Waals surface area contributed by atoms with Gasteiger partial charge in [-0.15, -0.1) is 5.10 Å². The highest BCUT2D eigenvalue weighted by Crippen LogP contribution is 2.35. The molecule has 0 fully saturated rings. The van der Waals surface area contributed by atoms with Gasteiger partial charge in [-0.3, -0.25) is 14.9 Å². The van der Waals surface area contributed by atoms with E-state index in [9.17, 15) is 14.9 Å². The number of ether oxygens (including phenoxy) is 1. The monoisotopic (exact) mass is 329 g/mol. The molecule has 118 valence electrons. The minimum absolute atomic E-state index is 0.0492. The zero-order chi connectivity index (χ0) is 16.7. The number of methoxy groups -OCH3 is 1. The Labute approximate surface area is 129 Å². The second-order valence-corrected chi connectivity index (χ2v) is 4.14. The number of nitrogens with two attached hydrogens (primary N) is 1. The van der Waals surface area contributed by atoms with Gasteiger partial charge in [0.1, 0.15) is 0 Å². The summed E-state index contributed by atoms with van der Waals surface area (Å²) in [6.07, 6.45) is 1.18. The summed E-state index contributed by atoms with van der Waals surface area (Å²) in [5.74, 6) is -0.941. The lowest BCUT2D eigenvalue weighted by atomic mass is 10.2. The molecule has 22 heavy (non-hydrogen) atoms. The van der Waals surface area contributed by atoms with Gasteiger partial charge in [-0.25, -0.2) is 0 Å². The van der Waals surface area contributed by atoms with Crippen LogP contribution in [0.2, 0.25) is 5.02 Å². The van der Waals surface area contributed by atoms with Crippen molar-refractivity contribution in [3.8, 4) is 5.75 Å². The lowest BCUT2D eigenvalue weighted by molar-refractivity contribution is -0.385. The molecule has 1 aromatic carbocycles. The number of rotatable bonds is 4. The van der Waals surface area contributed by atoms with Crippen molar-refractivity contribution in [3.05, 3.63) is 32.8 Å². The standard InChI is InChI=1S/C11H12ClN5O5/c1-6(18)22-16-11(13)15-14-5-7-3-8(12)10(21-2)9(4-7)17(19)20/h3-5H,1-2H3,(H3,13,15,16). The van der Waals surface area contributed by atoms with Crippen molar-refractivity contribution in [2.75, 3.05) is 7.11 Å². The van der Waals surface area contributed by atoms with Crippen LogP contribution in [0.15, 0.2) is 22.3 Å². The number of benzene rings is 1. The molecule has 10 nitrogen and oxygen atoms in total. The molecule has 11 heteroatoms. The smallest absolute Gasteiger partial charge is 0.329 e. The van der Waals surface area contributed by atoms with Gasteiger partial charge in [0, 0.05) is 18.6 Å². The molecule has 0 heterocycles. The van der Waals surface area contributed by atoms with Crippen molar-refractivity contribution in [3.63, 3.8) is 0 Å². The predicted octanol–water partition coefficient (Wildman–Crippen LogP) is 0.973. The minimum atomic E-state index is -0.637. The first-order chi connectivity index (χ1) is 10.3. The van der Waals surface area contributed by atoms with E-state index in [2.05, 4.69) is 15.0 Å². The molecule has 0 spiro atoms. The third-order valence-corrected chi connectivity index (χ3v) is 2.40. The van der Waals surface area contributed by atoms with E-state index in [4.69, 9.17) is 22.1 Å². The van der Waals surface area contributed by atoms with Crippen LogP contribution in [0.1, 0.15) is 12.5 Å². The van der Waals surface area contributed by atoms with Crippen molar-refractivity contribution in [1.29, 1.82) is 0 Å². The van der Waals surface area contributed by atoms with Gasteiger partial charge < -0.3 is 15.3 Å².